The van der Waals surface area contributed by atoms with Gasteiger partial charge in [0.2, 0.25) is 0 Å². The lowest BCUT2D eigenvalue weighted by atomic mass is 10.1. The van der Waals surface area contributed by atoms with E-state index in [1.54, 1.807) is 25.3 Å². The zero-order valence-electron chi connectivity index (χ0n) is 18.3. The van der Waals surface area contributed by atoms with Crippen LogP contribution in [0.25, 0.3) is 10.9 Å². The molecule has 0 spiro atoms. The van der Waals surface area contributed by atoms with E-state index in [0.29, 0.717) is 23.7 Å². The van der Waals surface area contributed by atoms with Crippen LogP contribution in [0.15, 0.2) is 48.7 Å². The van der Waals surface area contributed by atoms with Crippen molar-refractivity contribution in [2.45, 2.75) is 27.3 Å². The molecule has 30 heavy (non-hydrogen) atoms. The van der Waals surface area contributed by atoms with Gasteiger partial charge in [-0.3, -0.25) is 4.79 Å². The summed E-state index contributed by atoms with van der Waals surface area (Å²) >= 11 is 0. The molecule has 0 radical (unpaired) electrons. The third kappa shape index (κ3) is 4.94. The van der Waals surface area contributed by atoms with Gasteiger partial charge in [0.15, 0.2) is 11.5 Å². The average molecular weight is 410 g/mol. The maximum atomic E-state index is 12.7. The molecule has 6 nitrogen and oxygen atoms in total. The molecule has 160 valence electrons. The molecule has 1 amide bonds. The monoisotopic (exact) mass is 409 g/mol. The van der Waals surface area contributed by atoms with Crippen LogP contribution in [0.2, 0.25) is 0 Å². The molecule has 2 aromatic carbocycles. The molecule has 3 rings (SSSR count). The number of hydrogen-bond acceptors (Lipinski definition) is 4. The molecule has 6 heteroatoms. The van der Waals surface area contributed by atoms with Crippen molar-refractivity contribution in [1.29, 1.82) is 0 Å². The molecule has 0 saturated heterocycles. The number of amides is 1. The van der Waals surface area contributed by atoms with Crippen LogP contribution >= 0.6 is 0 Å². The van der Waals surface area contributed by atoms with Gasteiger partial charge in [-0.25, -0.2) is 0 Å². The fraction of sp³-hybridized carbons (Fsp3) is 0.375. The van der Waals surface area contributed by atoms with Crippen LogP contribution in [0.3, 0.4) is 0 Å². The van der Waals surface area contributed by atoms with Crippen LogP contribution in [0.1, 0.15) is 31.1 Å². The lowest BCUT2D eigenvalue weighted by Crippen LogP contribution is -2.26. The van der Waals surface area contributed by atoms with Crippen molar-refractivity contribution < 1.29 is 14.3 Å². The van der Waals surface area contributed by atoms with Crippen molar-refractivity contribution in [3.63, 3.8) is 0 Å². The molecule has 1 N–H and O–H groups in total. The number of likely N-dealkylation sites (N-methyl/N-ethyl adjacent to an activating group) is 1. The highest BCUT2D eigenvalue weighted by molar-refractivity contribution is 6.05. The van der Waals surface area contributed by atoms with Crippen molar-refractivity contribution in [3.05, 3.63) is 54.2 Å². The topological polar surface area (TPSA) is 55.7 Å². The van der Waals surface area contributed by atoms with E-state index in [-0.39, 0.29) is 5.91 Å². The van der Waals surface area contributed by atoms with Crippen LogP contribution in [-0.4, -0.2) is 48.7 Å². The molecule has 1 aromatic heterocycles. The highest BCUT2D eigenvalue weighted by atomic mass is 16.5. The lowest BCUT2D eigenvalue weighted by molar-refractivity contribution is 0.102. The van der Waals surface area contributed by atoms with Gasteiger partial charge in [0, 0.05) is 41.4 Å². The number of hydrogen-bond donors (Lipinski definition) is 1. The summed E-state index contributed by atoms with van der Waals surface area (Å²) in [5.74, 6) is 0.994. The van der Waals surface area contributed by atoms with Crippen molar-refractivity contribution in [1.82, 2.24) is 9.47 Å². The van der Waals surface area contributed by atoms with Gasteiger partial charge >= 0.3 is 0 Å². The van der Waals surface area contributed by atoms with E-state index in [1.807, 2.05) is 19.1 Å². The fourth-order valence-corrected chi connectivity index (χ4v) is 3.55. The standard InChI is InChI=1S/C24H31N3O3/c1-5-26(6-2)14-15-27-13-12-18-16-20(9-10-21(18)27)25-24(28)19-8-11-22(29-4)23(17-19)30-7-3/h8-13,16-17H,5-7,14-15H2,1-4H3,(H,25,28). The van der Waals surface area contributed by atoms with Crippen LogP contribution in [0, 0.1) is 0 Å². The quantitative estimate of drug-likeness (QED) is 0.530. The summed E-state index contributed by atoms with van der Waals surface area (Å²) in [7, 11) is 1.58. The summed E-state index contributed by atoms with van der Waals surface area (Å²) in [6.07, 6.45) is 2.11. The van der Waals surface area contributed by atoms with Crippen LogP contribution in [0.4, 0.5) is 5.69 Å². The van der Waals surface area contributed by atoms with Gasteiger partial charge in [-0.05, 0) is 62.5 Å². The first-order chi connectivity index (χ1) is 14.6. The minimum Gasteiger partial charge on any atom is -0.493 e. The van der Waals surface area contributed by atoms with Gasteiger partial charge in [-0.15, -0.1) is 0 Å². The van der Waals surface area contributed by atoms with E-state index in [0.717, 1.165) is 37.3 Å². The minimum atomic E-state index is -0.182. The van der Waals surface area contributed by atoms with Gasteiger partial charge in [0.05, 0.1) is 13.7 Å². The molecule has 3 aromatic rings. The zero-order valence-corrected chi connectivity index (χ0v) is 18.3. The number of nitrogens with zero attached hydrogens (tertiary/aromatic N) is 2. The van der Waals surface area contributed by atoms with E-state index >= 15 is 0 Å². The molecule has 0 atom stereocenters. The number of nitrogens with one attached hydrogen (secondary N) is 1. The fourth-order valence-electron chi connectivity index (χ4n) is 3.55. The Kier molecular flexibility index (Phi) is 7.36. The molecule has 0 aliphatic carbocycles. The Morgan fingerprint density at radius 3 is 2.53 bits per heavy atom. The molecular formula is C24H31N3O3. The number of rotatable bonds is 10. The van der Waals surface area contributed by atoms with E-state index in [9.17, 15) is 4.79 Å². The normalized spacial score (nSPS) is 11.1. The number of carbonyl (C=O) groups is 1. The maximum absolute atomic E-state index is 12.7. The number of benzene rings is 2. The molecule has 0 saturated carbocycles. The minimum absolute atomic E-state index is 0.182. The third-order valence-electron chi connectivity index (χ3n) is 5.31. The Morgan fingerprint density at radius 2 is 1.83 bits per heavy atom. The Hall–Kier alpha value is -2.99. The van der Waals surface area contributed by atoms with E-state index in [1.165, 1.54) is 5.52 Å². The first-order valence-electron chi connectivity index (χ1n) is 10.5. The zero-order chi connectivity index (χ0) is 21.5. The average Bonchev–Trinajstić information content (AvgIpc) is 3.17. The second-order valence-corrected chi connectivity index (χ2v) is 7.06. The SMILES string of the molecule is CCOc1cc(C(=O)Nc2ccc3c(ccn3CCN(CC)CC)c2)ccc1OC. The molecule has 0 aliphatic rings. The summed E-state index contributed by atoms with van der Waals surface area (Å²) in [4.78, 5) is 15.1. The van der Waals surface area contributed by atoms with Gasteiger partial charge < -0.3 is 24.3 Å². The highest BCUT2D eigenvalue weighted by Gasteiger charge is 2.12. The van der Waals surface area contributed by atoms with Crippen molar-refractivity contribution in [2.24, 2.45) is 0 Å². The predicted molar refractivity (Wildman–Crippen MR) is 122 cm³/mol. The Balaban J connectivity index is 1.73. The van der Waals surface area contributed by atoms with Crippen molar-refractivity contribution >= 4 is 22.5 Å². The first-order valence-corrected chi connectivity index (χ1v) is 10.5. The highest BCUT2D eigenvalue weighted by Crippen LogP contribution is 2.28. The molecule has 0 bridgehead atoms. The van der Waals surface area contributed by atoms with E-state index in [2.05, 4.69) is 47.0 Å². The second kappa shape index (κ2) is 10.2. The molecular weight excluding hydrogens is 378 g/mol. The Bertz CT molecular complexity index is 993. The van der Waals surface area contributed by atoms with Gasteiger partial charge in [0.1, 0.15) is 0 Å². The molecule has 0 fully saturated rings. The van der Waals surface area contributed by atoms with Crippen molar-refractivity contribution in [3.8, 4) is 11.5 Å². The van der Waals surface area contributed by atoms with Crippen LogP contribution in [0.5, 0.6) is 11.5 Å². The van der Waals surface area contributed by atoms with E-state index in [4.69, 9.17) is 9.47 Å². The number of methoxy groups -OCH3 is 1. The maximum Gasteiger partial charge on any atom is 0.255 e. The smallest absolute Gasteiger partial charge is 0.255 e. The first kappa shape index (κ1) is 21.7. The van der Waals surface area contributed by atoms with Crippen LogP contribution in [-0.2, 0) is 6.54 Å². The number of ether oxygens (including phenoxy) is 2. The summed E-state index contributed by atoms with van der Waals surface area (Å²) < 4.78 is 13.1. The second-order valence-electron chi connectivity index (χ2n) is 7.06. The molecule has 0 aliphatic heterocycles. The van der Waals surface area contributed by atoms with E-state index < -0.39 is 0 Å². The number of aromatic nitrogens is 1. The van der Waals surface area contributed by atoms with Gasteiger partial charge in [0.25, 0.3) is 5.91 Å². The summed E-state index contributed by atoms with van der Waals surface area (Å²) in [6, 6.07) is 13.3. The predicted octanol–water partition coefficient (Wildman–Crippen LogP) is 4.64. The number of fused-ring (bicyclic) bond motifs is 1. The third-order valence-corrected chi connectivity index (χ3v) is 5.31. The largest absolute Gasteiger partial charge is 0.493 e. The summed E-state index contributed by atoms with van der Waals surface area (Å²) in [5.41, 5.74) is 2.46. The lowest BCUT2D eigenvalue weighted by Gasteiger charge is -2.18. The number of anilines is 1. The van der Waals surface area contributed by atoms with Gasteiger partial charge in [-0.1, -0.05) is 13.8 Å². The Morgan fingerprint density at radius 1 is 1.03 bits per heavy atom. The Labute approximate surface area is 178 Å². The summed E-state index contributed by atoms with van der Waals surface area (Å²) in [6.45, 7) is 10.9. The molecule has 0 unspecified atom stereocenters. The van der Waals surface area contributed by atoms with Crippen LogP contribution < -0.4 is 14.8 Å². The molecule has 1 heterocycles. The van der Waals surface area contributed by atoms with Crippen molar-refractivity contribution in [2.75, 3.05) is 38.7 Å². The number of carbonyl (C=O) groups excluding carboxylic acids is 1. The van der Waals surface area contributed by atoms with Gasteiger partial charge in [-0.2, -0.15) is 0 Å². The summed E-state index contributed by atoms with van der Waals surface area (Å²) in [5, 5.41) is 4.09.